The quantitative estimate of drug-likeness (QED) is 0.684. The molecule has 1 aliphatic heterocycles. The lowest BCUT2D eigenvalue weighted by molar-refractivity contribution is -0.312. The lowest BCUT2D eigenvalue weighted by Crippen LogP contribution is -2.38. The highest BCUT2D eigenvalue weighted by molar-refractivity contribution is 5.69. The Morgan fingerprint density at radius 2 is 2.40 bits per heavy atom. The maximum absolute atomic E-state index is 10.7. The highest BCUT2D eigenvalue weighted by Gasteiger charge is 2.23. The summed E-state index contributed by atoms with van der Waals surface area (Å²) in [7, 11) is 1.56. The minimum atomic E-state index is -1.07. The minimum absolute atomic E-state index is 0.149. The minimum Gasteiger partial charge on any atom is -0.550 e. The molecule has 1 heterocycles. The van der Waals surface area contributed by atoms with Crippen molar-refractivity contribution in [2.75, 3.05) is 13.7 Å². The molecule has 4 heteroatoms. The Labute approximate surface area is 87.4 Å². The molecule has 0 saturated carbocycles. The van der Waals surface area contributed by atoms with Crippen LogP contribution in [-0.4, -0.2) is 19.7 Å². The number of fused-ring (bicyclic) bond motifs is 1. The predicted octanol–water partition coefficient (Wildman–Crippen LogP) is -0.00380. The summed E-state index contributed by atoms with van der Waals surface area (Å²) < 4.78 is 10.5. The third-order valence-electron chi connectivity index (χ3n) is 2.51. The van der Waals surface area contributed by atoms with Crippen molar-refractivity contribution < 1.29 is 19.4 Å². The Hall–Kier alpha value is -1.71. The van der Waals surface area contributed by atoms with E-state index in [-0.39, 0.29) is 6.61 Å². The average molecular weight is 207 g/mol. The van der Waals surface area contributed by atoms with Gasteiger partial charge in [0.15, 0.2) is 11.5 Å². The van der Waals surface area contributed by atoms with Crippen molar-refractivity contribution in [3.05, 3.63) is 23.8 Å². The molecule has 1 aromatic rings. The number of hydrogen-bond acceptors (Lipinski definition) is 4. The van der Waals surface area contributed by atoms with Gasteiger partial charge in [-0.05, 0) is 18.1 Å². The molecule has 1 atom stereocenters. The maximum atomic E-state index is 10.7. The highest BCUT2D eigenvalue weighted by atomic mass is 16.5. The van der Waals surface area contributed by atoms with Crippen LogP contribution in [0.2, 0.25) is 0 Å². The van der Waals surface area contributed by atoms with Crippen molar-refractivity contribution in [1.82, 2.24) is 0 Å². The van der Waals surface area contributed by atoms with E-state index in [1.54, 1.807) is 13.2 Å². The zero-order chi connectivity index (χ0) is 10.8. The molecule has 0 N–H and O–H groups in total. The molecule has 0 bridgehead atoms. The van der Waals surface area contributed by atoms with Crippen LogP contribution in [0.5, 0.6) is 11.5 Å². The van der Waals surface area contributed by atoms with E-state index in [2.05, 4.69) is 0 Å². The van der Waals surface area contributed by atoms with E-state index in [0.717, 1.165) is 5.56 Å². The van der Waals surface area contributed by atoms with Crippen LogP contribution in [0.25, 0.3) is 0 Å². The standard InChI is InChI=1S/C11H12O4/c1-14-9-4-2-3-7-5-8(11(12)13)6-15-10(7)9/h2-4,8H,5-6H2,1H3,(H,12,13)/p-1/t8-/m1/s1. The molecule has 0 amide bonds. The number of carboxylic acids is 1. The molecule has 0 aromatic heterocycles. The first-order valence-electron chi connectivity index (χ1n) is 4.72. The Bertz CT molecular complexity index is 386. The second-order valence-corrected chi connectivity index (χ2v) is 3.48. The highest BCUT2D eigenvalue weighted by Crippen LogP contribution is 2.35. The van der Waals surface area contributed by atoms with E-state index in [4.69, 9.17) is 9.47 Å². The molecule has 4 nitrogen and oxygen atoms in total. The zero-order valence-corrected chi connectivity index (χ0v) is 8.36. The van der Waals surface area contributed by atoms with E-state index in [0.29, 0.717) is 17.9 Å². The molecule has 0 spiro atoms. The van der Waals surface area contributed by atoms with E-state index < -0.39 is 11.9 Å². The lowest BCUT2D eigenvalue weighted by Gasteiger charge is -2.26. The van der Waals surface area contributed by atoms with Gasteiger partial charge in [0.05, 0.1) is 13.7 Å². The van der Waals surface area contributed by atoms with Crippen LogP contribution in [0, 0.1) is 5.92 Å². The SMILES string of the molecule is COc1cccc2c1OC[C@H](C(=O)[O-])C2. The summed E-state index contributed by atoms with van der Waals surface area (Å²) in [6.07, 6.45) is 0.439. The number of methoxy groups -OCH3 is 1. The first-order valence-corrected chi connectivity index (χ1v) is 4.72. The topological polar surface area (TPSA) is 58.6 Å². The number of carbonyl (C=O) groups is 1. The van der Waals surface area contributed by atoms with Crippen molar-refractivity contribution in [3.8, 4) is 11.5 Å². The van der Waals surface area contributed by atoms with Gasteiger partial charge in [-0.3, -0.25) is 0 Å². The molecule has 0 aliphatic carbocycles. The molecule has 0 radical (unpaired) electrons. The fraction of sp³-hybridized carbons (Fsp3) is 0.364. The molecule has 80 valence electrons. The van der Waals surface area contributed by atoms with Gasteiger partial charge in [-0.15, -0.1) is 0 Å². The van der Waals surface area contributed by atoms with Gasteiger partial charge in [0, 0.05) is 11.9 Å². The van der Waals surface area contributed by atoms with E-state index in [1.165, 1.54) is 0 Å². The molecule has 0 unspecified atom stereocenters. The number of carboxylic acid groups (broad SMARTS) is 1. The summed E-state index contributed by atoms with van der Waals surface area (Å²) in [5.74, 6) is -0.338. The molecule has 2 rings (SSSR count). The van der Waals surface area contributed by atoms with Crippen LogP contribution in [0.15, 0.2) is 18.2 Å². The van der Waals surface area contributed by atoms with Gasteiger partial charge in [-0.1, -0.05) is 12.1 Å². The number of ether oxygens (including phenoxy) is 2. The van der Waals surface area contributed by atoms with E-state index in [1.807, 2.05) is 12.1 Å². The molecule has 0 saturated heterocycles. The maximum Gasteiger partial charge on any atom is 0.164 e. The zero-order valence-electron chi connectivity index (χ0n) is 8.36. The Balaban J connectivity index is 2.31. The molecule has 15 heavy (non-hydrogen) atoms. The number of carbonyl (C=O) groups excluding carboxylic acids is 1. The van der Waals surface area contributed by atoms with Crippen LogP contribution in [-0.2, 0) is 11.2 Å². The van der Waals surface area contributed by atoms with Crippen molar-refractivity contribution in [2.24, 2.45) is 5.92 Å². The van der Waals surface area contributed by atoms with Crippen molar-refractivity contribution in [1.29, 1.82) is 0 Å². The van der Waals surface area contributed by atoms with Crippen LogP contribution < -0.4 is 14.6 Å². The molecule has 1 aromatic carbocycles. The second-order valence-electron chi connectivity index (χ2n) is 3.48. The first-order chi connectivity index (χ1) is 7.22. The van der Waals surface area contributed by atoms with Gasteiger partial charge >= 0.3 is 0 Å². The molecular formula is C11H11O4-. The van der Waals surface area contributed by atoms with Gasteiger partial charge in [0.2, 0.25) is 0 Å². The van der Waals surface area contributed by atoms with Crippen LogP contribution in [0.1, 0.15) is 5.56 Å². The van der Waals surface area contributed by atoms with Gasteiger partial charge in [-0.2, -0.15) is 0 Å². The Kier molecular flexibility index (Phi) is 2.49. The fourth-order valence-electron chi connectivity index (χ4n) is 1.71. The van der Waals surface area contributed by atoms with Crippen molar-refractivity contribution in [2.45, 2.75) is 6.42 Å². The van der Waals surface area contributed by atoms with Gasteiger partial charge in [0.25, 0.3) is 0 Å². The largest absolute Gasteiger partial charge is 0.550 e. The monoisotopic (exact) mass is 207 g/mol. The summed E-state index contributed by atoms with van der Waals surface area (Å²) >= 11 is 0. The average Bonchev–Trinajstić information content (AvgIpc) is 2.27. The van der Waals surface area contributed by atoms with Crippen molar-refractivity contribution >= 4 is 5.97 Å². The summed E-state index contributed by atoms with van der Waals surface area (Å²) in [4.78, 5) is 10.7. The predicted molar refractivity (Wildman–Crippen MR) is 50.7 cm³/mol. The third kappa shape index (κ3) is 1.75. The number of benzene rings is 1. The van der Waals surface area contributed by atoms with E-state index in [9.17, 15) is 9.90 Å². The van der Waals surface area contributed by atoms with Crippen molar-refractivity contribution in [3.63, 3.8) is 0 Å². The second kappa shape index (κ2) is 3.81. The number of rotatable bonds is 2. The summed E-state index contributed by atoms with van der Waals surface area (Å²) in [6, 6.07) is 5.45. The smallest absolute Gasteiger partial charge is 0.164 e. The summed E-state index contributed by atoms with van der Waals surface area (Å²) in [5.41, 5.74) is 0.856. The summed E-state index contributed by atoms with van der Waals surface area (Å²) in [5, 5.41) is 10.7. The normalized spacial score (nSPS) is 18.9. The van der Waals surface area contributed by atoms with Crippen LogP contribution in [0.4, 0.5) is 0 Å². The number of para-hydroxylation sites is 1. The summed E-state index contributed by atoms with van der Waals surface area (Å²) in [6.45, 7) is 0.149. The first kappa shape index (κ1) is 9.83. The molecular weight excluding hydrogens is 196 g/mol. The Morgan fingerprint density at radius 3 is 3.07 bits per heavy atom. The van der Waals surface area contributed by atoms with Gasteiger partial charge in [-0.25, -0.2) is 0 Å². The number of aliphatic carboxylic acids is 1. The van der Waals surface area contributed by atoms with Crippen LogP contribution >= 0.6 is 0 Å². The molecule has 0 fully saturated rings. The Morgan fingerprint density at radius 1 is 1.60 bits per heavy atom. The third-order valence-corrected chi connectivity index (χ3v) is 2.51. The lowest BCUT2D eigenvalue weighted by atomic mass is 9.97. The van der Waals surface area contributed by atoms with E-state index >= 15 is 0 Å². The van der Waals surface area contributed by atoms with Gasteiger partial charge < -0.3 is 19.4 Å². The number of hydrogen-bond donors (Lipinski definition) is 0. The van der Waals surface area contributed by atoms with Gasteiger partial charge in [0.1, 0.15) is 0 Å². The van der Waals surface area contributed by atoms with Crippen LogP contribution in [0.3, 0.4) is 0 Å². The molecule has 1 aliphatic rings. The fourth-order valence-corrected chi connectivity index (χ4v) is 1.71.